The van der Waals surface area contributed by atoms with Crippen LogP contribution in [0.2, 0.25) is 0 Å². The fourth-order valence-electron chi connectivity index (χ4n) is 2.90. The molecule has 0 aliphatic carbocycles. The van der Waals surface area contributed by atoms with Gasteiger partial charge in [-0.05, 0) is 11.5 Å². The summed E-state index contributed by atoms with van der Waals surface area (Å²) in [5.74, 6) is -0.659. The van der Waals surface area contributed by atoms with Gasteiger partial charge in [-0.2, -0.15) is 0 Å². The average molecular weight is 318 g/mol. The van der Waals surface area contributed by atoms with Crippen molar-refractivity contribution in [2.45, 2.75) is 32.4 Å². The monoisotopic (exact) mass is 318 g/mol. The molecule has 23 heavy (non-hydrogen) atoms. The van der Waals surface area contributed by atoms with Crippen molar-refractivity contribution in [1.82, 2.24) is 10.2 Å². The first-order chi connectivity index (χ1) is 10.9. The maximum Gasteiger partial charge on any atom is 0.305 e. The van der Waals surface area contributed by atoms with Crippen LogP contribution in [0, 0.1) is 5.92 Å². The summed E-state index contributed by atoms with van der Waals surface area (Å²) in [4.78, 5) is 36.8. The van der Waals surface area contributed by atoms with E-state index in [0.717, 1.165) is 5.56 Å². The molecule has 6 heteroatoms. The van der Waals surface area contributed by atoms with E-state index in [9.17, 15) is 14.4 Å². The minimum absolute atomic E-state index is 0.0177. The van der Waals surface area contributed by atoms with Gasteiger partial charge in [-0.1, -0.05) is 37.3 Å². The SMILES string of the molecule is COC(=O)CC(C)CN1C(=O)C(NC(C)=O)C1c1ccccc1. The van der Waals surface area contributed by atoms with Crippen molar-refractivity contribution in [3.63, 3.8) is 0 Å². The number of methoxy groups -OCH3 is 1. The summed E-state index contributed by atoms with van der Waals surface area (Å²) < 4.78 is 4.67. The Hall–Kier alpha value is -2.37. The minimum atomic E-state index is -0.541. The molecule has 1 aliphatic rings. The van der Waals surface area contributed by atoms with E-state index in [-0.39, 0.29) is 36.2 Å². The van der Waals surface area contributed by atoms with Crippen molar-refractivity contribution in [2.24, 2.45) is 5.92 Å². The summed E-state index contributed by atoms with van der Waals surface area (Å²) >= 11 is 0. The normalized spacial score (nSPS) is 21.3. The second-order valence-electron chi connectivity index (χ2n) is 5.91. The first-order valence-corrected chi connectivity index (χ1v) is 7.63. The highest BCUT2D eigenvalue weighted by Crippen LogP contribution is 2.35. The van der Waals surface area contributed by atoms with Gasteiger partial charge in [0.2, 0.25) is 11.8 Å². The number of esters is 1. The molecule has 1 heterocycles. The third-order valence-corrected chi connectivity index (χ3v) is 3.95. The smallest absolute Gasteiger partial charge is 0.305 e. The molecule has 1 saturated heterocycles. The second kappa shape index (κ2) is 7.26. The van der Waals surface area contributed by atoms with Crippen LogP contribution in [0.15, 0.2) is 30.3 Å². The van der Waals surface area contributed by atoms with Gasteiger partial charge >= 0.3 is 5.97 Å². The highest BCUT2D eigenvalue weighted by molar-refractivity contribution is 5.93. The zero-order valence-corrected chi connectivity index (χ0v) is 13.6. The zero-order valence-electron chi connectivity index (χ0n) is 13.6. The largest absolute Gasteiger partial charge is 0.469 e. The molecule has 3 atom stereocenters. The Morgan fingerprint density at radius 1 is 1.30 bits per heavy atom. The molecule has 6 nitrogen and oxygen atoms in total. The van der Waals surface area contributed by atoms with Crippen molar-refractivity contribution in [2.75, 3.05) is 13.7 Å². The predicted molar refractivity (Wildman–Crippen MR) is 84.3 cm³/mol. The first-order valence-electron chi connectivity index (χ1n) is 7.63. The van der Waals surface area contributed by atoms with E-state index in [4.69, 9.17) is 0 Å². The van der Waals surface area contributed by atoms with E-state index in [1.54, 1.807) is 4.90 Å². The molecule has 3 unspecified atom stereocenters. The van der Waals surface area contributed by atoms with Crippen LogP contribution in [-0.2, 0) is 19.1 Å². The fraction of sp³-hybridized carbons (Fsp3) is 0.471. The summed E-state index contributed by atoms with van der Waals surface area (Å²) in [5, 5.41) is 2.71. The fourth-order valence-corrected chi connectivity index (χ4v) is 2.90. The van der Waals surface area contributed by atoms with E-state index in [1.165, 1.54) is 14.0 Å². The van der Waals surface area contributed by atoms with Crippen molar-refractivity contribution < 1.29 is 19.1 Å². The number of amides is 2. The van der Waals surface area contributed by atoms with Crippen LogP contribution in [-0.4, -0.2) is 42.4 Å². The molecule has 0 bridgehead atoms. The van der Waals surface area contributed by atoms with Crippen LogP contribution in [0.1, 0.15) is 31.9 Å². The summed E-state index contributed by atoms with van der Waals surface area (Å²) in [5.41, 5.74) is 0.969. The Kier molecular flexibility index (Phi) is 5.36. The van der Waals surface area contributed by atoms with Crippen molar-refractivity contribution in [3.05, 3.63) is 35.9 Å². The molecule has 1 N–H and O–H groups in total. The number of carbonyl (C=O) groups is 3. The molecule has 0 radical (unpaired) electrons. The van der Waals surface area contributed by atoms with Gasteiger partial charge in [0.1, 0.15) is 6.04 Å². The van der Waals surface area contributed by atoms with Crippen molar-refractivity contribution in [3.8, 4) is 0 Å². The van der Waals surface area contributed by atoms with Crippen LogP contribution in [0.4, 0.5) is 0 Å². The van der Waals surface area contributed by atoms with Gasteiger partial charge in [-0.25, -0.2) is 0 Å². The molecule has 2 rings (SSSR count). The molecule has 1 fully saturated rings. The van der Waals surface area contributed by atoms with Crippen LogP contribution in [0.3, 0.4) is 0 Å². The number of β-lactam (4-membered cyclic amide) rings is 1. The number of rotatable bonds is 6. The van der Waals surface area contributed by atoms with E-state index in [0.29, 0.717) is 6.54 Å². The van der Waals surface area contributed by atoms with Gasteiger partial charge in [0.15, 0.2) is 0 Å². The Balaban J connectivity index is 2.12. The molecule has 1 aromatic carbocycles. The van der Waals surface area contributed by atoms with Crippen LogP contribution in [0.5, 0.6) is 0 Å². The lowest BCUT2D eigenvalue weighted by Gasteiger charge is -2.48. The van der Waals surface area contributed by atoms with Crippen LogP contribution < -0.4 is 5.32 Å². The topological polar surface area (TPSA) is 75.7 Å². The highest BCUT2D eigenvalue weighted by Gasteiger charge is 2.48. The number of likely N-dealkylation sites (tertiary alicyclic amines) is 1. The van der Waals surface area contributed by atoms with E-state index >= 15 is 0 Å². The molecule has 1 aliphatic heterocycles. The molecule has 1 aromatic rings. The van der Waals surface area contributed by atoms with Crippen molar-refractivity contribution >= 4 is 17.8 Å². The number of ether oxygens (including phenoxy) is 1. The van der Waals surface area contributed by atoms with Crippen LogP contribution >= 0.6 is 0 Å². The summed E-state index contributed by atoms with van der Waals surface area (Å²) in [6, 6.07) is 8.83. The number of hydrogen-bond acceptors (Lipinski definition) is 4. The maximum absolute atomic E-state index is 12.4. The lowest BCUT2D eigenvalue weighted by Crippen LogP contribution is -2.66. The zero-order chi connectivity index (χ0) is 17.0. The van der Waals surface area contributed by atoms with E-state index in [2.05, 4.69) is 10.1 Å². The Morgan fingerprint density at radius 3 is 2.52 bits per heavy atom. The highest BCUT2D eigenvalue weighted by atomic mass is 16.5. The Morgan fingerprint density at radius 2 is 1.96 bits per heavy atom. The van der Waals surface area contributed by atoms with Crippen LogP contribution in [0.25, 0.3) is 0 Å². The molecule has 0 saturated carbocycles. The minimum Gasteiger partial charge on any atom is -0.469 e. The number of benzene rings is 1. The summed E-state index contributed by atoms with van der Waals surface area (Å²) in [6.45, 7) is 3.75. The lowest BCUT2D eigenvalue weighted by molar-refractivity contribution is -0.156. The van der Waals surface area contributed by atoms with Gasteiger partial charge in [0.25, 0.3) is 0 Å². The number of carbonyl (C=O) groups excluding carboxylic acids is 3. The molecular weight excluding hydrogens is 296 g/mol. The Bertz CT molecular complexity index is 588. The van der Waals surface area contributed by atoms with Gasteiger partial charge in [0, 0.05) is 19.9 Å². The lowest BCUT2D eigenvalue weighted by atomic mass is 9.87. The first kappa shape index (κ1) is 17.0. The molecule has 124 valence electrons. The third-order valence-electron chi connectivity index (χ3n) is 3.95. The van der Waals surface area contributed by atoms with Crippen molar-refractivity contribution in [1.29, 1.82) is 0 Å². The number of hydrogen-bond donors (Lipinski definition) is 1. The average Bonchev–Trinajstić information content (AvgIpc) is 2.53. The predicted octanol–water partition coefficient (Wildman–Crippen LogP) is 1.27. The van der Waals surface area contributed by atoms with Gasteiger partial charge in [-0.15, -0.1) is 0 Å². The van der Waals surface area contributed by atoms with E-state index < -0.39 is 6.04 Å². The summed E-state index contributed by atoms with van der Waals surface area (Å²) in [6.07, 6.45) is 0.257. The van der Waals surface area contributed by atoms with Gasteiger partial charge in [-0.3, -0.25) is 14.4 Å². The molecule has 0 aromatic heterocycles. The molecule has 0 spiro atoms. The quantitative estimate of drug-likeness (QED) is 0.633. The van der Waals surface area contributed by atoms with Gasteiger partial charge < -0.3 is 15.0 Å². The number of nitrogens with zero attached hydrogens (tertiary/aromatic N) is 1. The number of nitrogens with one attached hydrogen (secondary N) is 1. The standard InChI is InChI=1S/C17H22N2O4/c1-11(9-14(21)23-3)10-19-16(13-7-5-4-6-8-13)15(17(19)22)18-12(2)20/h4-8,11,15-16H,9-10H2,1-3H3,(H,18,20). The van der Waals surface area contributed by atoms with Gasteiger partial charge in [0.05, 0.1) is 13.2 Å². The van der Waals surface area contributed by atoms with E-state index in [1.807, 2.05) is 37.3 Å². The second-order valence-corrected chi connectivity index (χ2v) is 5.91. The Labute approximate surface area is 135 Å². The maximum atomic E-state index is 12.4. The molecular formula is C17H22N2O4. The third kappa shape index (κ3) is 3.88. The molecule has 2 amide bonds. The summed E-state index contributed by atoms with van der Waals surface area (Å²) in [7, 11) is 1.35.